The molecule has 2 aromatic rings. The molecule has 7 nitrogen and oxygen atoms in total. The summed E-state index contributed by atoms with van der Waals surface area (Å²) in [6, 6.07) is 11.3. The highest BCUT2D eigenvalue weighted by Gasteiger charge is 2.13. The Bertz CT molecular complexity index is 886. The highest BCUT2D eigenvalue weighted by molar-refractivity contribution is 9.11. The van der Waals surface area contributed by atoms with E-state index in [4.69, 9.17) is 14.2 Å². The molecule has 1 N–H and O–H groups in total. The van der Waals surface area contributed by atoms with E-state index in [1.807, 2.05) is 30.3 Å². The Morgan fingerprint density at radius 3 is 2.72 bits per heavy atom. The van der Waals surface area contributed by atoms with Crippen LogP contribution in [0, 0.1) is 0 Å². The first-order valence-corrected chi connectivity index (χ1v) is 10.6. The summed E-state index contributed by atoms with van der Waals surface area (Å²) in [5.74, 6) is 0.898. The number of hydrogen-bond donors (Lipinski definition) is 1. The number of anilines is 1. The lowest BCUT2D eigenvalue weighted by Crippen LogP contribution is -2.36. The second-order valence-electron chi connectivity index (χ2n) is 6.18. The number of hydrazone groups is 1. The van der Waals surface area contributed by atoms with Gasteiger partial charge in [0.15, 0.2) is 6.61 Å². The largest absolute Gasteiger partial charge is 0.496 e. The molecule has 1 heterocycles. The number of halogens is 2. The van der Waals surface area contributed by atoms with Crippen molar-refractivity contribution >= 4 is 49.7 Å². The van der Waals surface area contributed by atoms with E-state index >= 15 is 0 Å². The highest BCUT2D eigenvalue weighted by atomic mass is 79.9. The summed E-state index contributed by atoms with van der Waals surface area (Å²) >= 11 is 6.76. The van der Waals surface area contributed by atoms with Gasteiger partial charge in [0.2, 0.25) is 0 Å². The first-order chi connectivity index (χ1) is 14.1. The van der Waals surface area contributed by atoms with Crippen molar-refractivity contribution in [3.63, 3.8) is 0 Å². The number of amides is 1. The predicted octanol–water partition coefficient (Wildman–Crippen LogP) is 3.59. The Morgan fingerprint density at radius 2 is 2.00 bits per heavy atom. The molecule has 29 heavy (non-hydrogen) atoms. The van der Waals surface area contributed by atoms with Crippen LogP contribution < -0.4 is 19.8 Å². The summed E-state index contributed by atoms with van der Waals surface area (Å²) in [6.07, 6.45) is 1.55. The molecule has 1 amide bonds. The van der Waals surface area contributed by atoms with Gasteiger partial charge in [0, 0.05) is 34.9 Å². The molecular formula is C20H21Br2N3O4. The Morgan fingerprint density at radius 1 is 1.21 bits per heavy atom. The fourth-order valence-corrected chi connectivity index (χ4v) is 3.93. The van der Waals surface area contributed by atoms with E-state index in [0.29, 0.717) is 11.5 Å². The molecule has 0 unspecified atom stereocenters. The smallest absolute Gasteiger partial charge is 0.277 e. The molecule has 0 atom stereocenters. The number of carbonyl (C=O) groups excluding carboxylic acids is 1. The molecule has 1 saturated heterocycles. The van der Waals surface area contributed by atoms with Gasteiger partial charge < -0.3 is 19.1 Å². The van der Waals surface area contributed by atoms with Crippen LogP contribution in [0.15, 0.2) is 50.4 Å². The maximum Gasteiger partial charge on any atom is 0.277 e. The van der Waals surface area contributed by atoms with Gasteiger partial charge in [0.25, 0.3) is 5.91 Å². The van der Waals surface area contributed by atoms with Crippen LogP contribution in [0.3, 0.4) is 0 Å². The van der Waals surface area contributed by atoms with E-state index in [1.54, 1.807) is 19.4 Å². The van der Waals surface area contributed by atoms with Crippen molar-refractivity contribution in [1.82, 2.24) is 5.43 Å². The van der Waals surface area contributed by atoms with Crippen molar-refractivity contribution in [1.29, 1.82) is 0 Å². The number of carbonyl (C=O) groups is 1. The molecule has 3 rings (SSSR count). The number of rotatable bonds is 7. The van der Waals surface area contributed by atoms with Crippen molar-refractivity contribution in [2.75, 3.05) is 44.9 Å². The standard InChI is InChI=1S/C20H21Br2N3O4/c1-27-19-11-16(25-6-8-28-9-7-25)4-2-14(19)12-23-24-20(26)13-29-18-5-3-15(21)10-17(18)22/h2-5,10-12H,6-9,13H2,1H3,(H,24,26)/b23-12+. The third kappa shape index (κ3) is 6.19. The number of benzene rings is 2. The molecule has 154 valence electrons. The summed E-state index contributed by atoms with van der Waals surface area (Å²) in [4.78, 5) is 14.2. The molecule has 1 aliphatic heterocycles. The summed E-state index contributed by atoms with van der Waals surface area (Å²) in [7, 11) is 1.61. The average Bonchev–Trinajstić information content (AvgIpc) is 2.74. The van der Waals surface area contributed by atoms with Gasteiger partial charge in [-0.3, -0.25) is 4.79 Å². The SMILES string of the molecule is COc1cc(N2CCOCC2)ccc1/C=N/NC(=O)COc1ccc(Br)cc1Br. The number of morpholine rings is 1. The molecular weight excluding hydrogens is 506 g/mol. The van der Waals surface area contributed by atoms with E-state index in [2.05, 4.69) is 47.3 Å². The number of nitrogens with zero attached hydrogens (tertiary/aromatic N) is 2. The molecule has 0 aromatic heterocycles. The molecule has 0 bridgehead atoms. The monoisotopic (exact) mass is 525 g/mol. The zero-order valence-electron chi connectivity index (χ0n) is 15.9. The Hall–Kier alpha value is -2.10. The van der Waals surface area contributed by atoms with Gasteiger partial charge in [-0.25, -0.2) is 5.43 Å². The first kappa shape index (κ1) is 21.6. The quantitative estimate of drug-likeness (QED) is 0.441. The van der Waals surface area contributed by atoms with Crippen LogP contribution in [-0.2, 0) is 9.53 Å². The molecule has 2 aromatic carbocycles. The van der Waals surface area contributed by atoms with Crippen molar-refractivity contribution in [3.8, 4) is 11.5 Å². The third-order valence-corrected chi connectivity index (χ3v) is 5.35. The van der Waals surface area contributed by atoms with Gasteiger partial charge in [-0.05, 0) is 46.3 Å². The van der Waals surface area contributed by atoms with E-state index < -0.39 is 0 Å². The number of ether oxygens (including phenoxy) is 3. The minimum absolute atomic E-state index is 0.148. The van der Waals surface area contributed by atoms with Gasteiger partial charge in [0.05, 0.1) is 31.0 Å². The van der Waals surface area contributed by atoms with Crippen molar-refractivity contribution in [2.24, 2.45) is 5.10 Å². The lowest BCUT2D eigenvalue weighted by Gasteiger charge is -2.29. The van der Waals surface area contributed by atoms with Gasteiger partial charge in [0.1, 0.15) is 11.5 Å². The second kappa shape index (κ2) is 10.6. The second-order valence-corrected chi connectivity index (χ2v) is 7.95. The molecule has 9 heteroatoms. The normalized spacial score (nSPS) is 14.1. The topological polar surface area (TPSA) is 72.4 Å². The lowest BCUT2D eigenvalue weighted by molar-refractivity contribution is -0.123. The summed E-state index contributed by atoms with van der Waals surface area (Å²) in [5.41, 5.74) is 4.29. The van der Waals surface area contributed by atoms with Crippen LogP contribution >= 0.6 is 31.9 Å². The molecule has 0 radical (unpaired) electrons. The van der Waals surface area contributed by atoms with Crippen molar-refractivity contribution in [3.05, 3.63) is 50.9 Å². The van der Waals surface area contributed by atoms with Crippen molar-refractivity contribution < 1.29 is 19.0 Å². The minimum atomic E-state index is -0.361. The molecule has 1 aliphatic rings. The first-order valence-electron chi connectivity index (χ1n) is 8.97. The molecule has 1 fully saturated rings. The number of methoxy groups -OCH3 is 1. The average molecular weight is 527 g/mol. The maximum absolute atomic E-state index is 12.0. The Labute approximate surface area is 186 Å². The number of nitrogens with one attached hydrogen (secondary N) is 1. The Balaban J connectivity index is 1.55. The molecule has 0 spiro atoms. The van der Waals surface area contributed by atoms with E-state index in [-0.39, 0.29) is 12.5 Å². The van der Waals surface area contributed by atoms with Crippen LogP contribution in [0.2, 0.25) is 0 Å². The van der Waals surface area contributed by atoms with Gasteiger partial charge >= 0.3 is 0 Å². The summed E-state index contributed by atoms with van der Waals surface area (Å²) in [6.45, 7) is 2.99. The summed E-state index contributed by atoms with van der Waals surface area (Å²) in [5, 5.41) is 4.00. The zero-order chi connectivity index (χ0) is 20.6. The van der Waals surface area contributed by atoms with Crippen molar-refractivity contribution in [2.45, 2.75) is 0 Å². The molecule has 0 aliphatic carbocycles. The van der Waals surface area contributed by atoms with E-state index in [9.17, 15) is 4.79 Å². The molecule has 0 saturated carbocycles. The van der Waals surface area contributed by atoms with Gasteiger partial charge in [-0.2, -0.15) is 5.10 Å². The van der Waals surface area contributed by atoms with Crippen LogP contribution in [0.5, 0.6) is 11.5 Å². The summed E-state index contributed by atoms with van der Waals surface area (Å²) < 4.78 is 18.0. The third-order valence-electron chi connectivity index (χ3n) is 4.24. The van der Waals surface area contributed by atoms with E-state index in [0.717, 1.165) is 46.5 Å². The maximum atomic E-state index is 12.0. The predicted molar refractivity (Wildman–Crippen MR) is 119 cm³/mol. The van der Waals surface area contributed by atoms with Crippen LogP contribution in [0.25, 0.3) is 0 Å². The highest BCUT2D eigenvalue weighted by Crippen LogP contribution is 2.28. The zero-order valence-corrected chi connectivity index (χ0v) is 19.0. The minimum Gasteiger partial charge on any atom is -0.496 e. The van der Waals surface area contributed by atoms with Crippen LogP contribution in [0.4, 0.5) is 5.69 Å². The fraction of sp³-hybridized carbons (Fsp3) is 0.300. The van der Waals surface area contributed by atoms with Crippen LogP contribution in [-0.4, -0.2) is 52.1 Å². The van der Waals surface area contributed by atoms with Gasteiger partial charge in [-0.1, -0.05) is 15.9 Å². The van der Waals surface area contributed by atoms with Crippen LogP contribution in [0.1, 0.15) is 5.56 Å². The lowest BCUT2D eigenvalue weighted by atomic mass is 10.1. The fourth-order valence-electron chi connectivity index (χ4n) is 2.77. The van der Waals surface area contributed by atoms with E-state index in [1.165, 1.54) is 0 Å². The van der Waals surface area contributed by atoms with Gasteiger partial charge in [-0.15, -0.1) is 0 Å². The Kier molecular flexibility index (Phi) is 7.91. The number of hydrogen-bond acceptors (Lipinski definition) is 6.